The molecule has 3 N–H and O–H groups in total. The van der Waals surface area contributed by atoms with Crippen molar-refractivity contribution in [3.63, 3.8) is 0 Å². The Bertz CT molecular complexity index is 638. The lowest BCUT2D eigenvalue weighted by molar-refractivity contribution is -0.384. The molecule has 0 saturated carbocycles. The largest absolute Gasteiger partial charge is 0.384 e. The van der Waals surface area contributed by atoms with Gasteiger partial charge in [-0.2, -0.15) is 0 Å². The van der Waals surface area contributed by atoms with E-state index < -0.39 is 28.7 Å². The quantitative estimate of drug-likeness (QED) is 0.145. The molecule has 2 atom stereocenters. The minimum Gasteiger partial charge on any atom is -0.384 e. The highest BCUT2D eigenvalue weighted by molar-refractivity contribution is 5.94. The molecule has 0 aromatic heterocycles. The van der Waals surface area contributed by atoms with Gasteiger partial charge in [-0.1, -0.05) is 0 Å². The number of nitro groups is 1. The molecule has 1 aromatic rings. The van der Waals surface area contributed by atoms with Crippen LogP contribution in [0, 0.1) is 16.0 Å². The predicted octanol–water partition coefficient (Wildman–Crippen LogP) is 0.862. The lowest BCUT2D eigenvalue weighted by Crippen LogP contribution is -2.43. The molecule has 2 unspecified atom stereocenters. The highest BCUT2D eigenvalue weighted by Crippen LogP contribution is 2.13. The van der Waals surface area contributed by atoms with Crippen molar-refractivity contribution in [2.45, 2.75) is 19.4 Å². The zero-order chi connectivity index (χ0) is 20.9. The average Bonchev–Trinajstić information content (AvgIpc) is 2.70. The monoisotopic (exact) mass is 399 g/mol. The minimum absolute atomic E-state index is 0.0154. The number of rotatable bonds is 13. The molecule has 0 saturated heterocycles. The number of nitro benzene ring substituents is 1. The molecule has 0 spiro atoms. The van der Waals surface area contributed by atoms with Gasteiger partial charge >= 0.3 is 0 Å². The standard InChI is InChI=1S/C17H25N3O8/c1-3-27-11-28-10-14(8-13(9-26-2)17(22)19-23)18-16(21)12-4-6-15(7-5-12)20(24)25/h4-7,13-14,23H,3,8-11H2,1-2H3,(H,18,21)(H,19,22). The first-order chi connectivity index (χ1) is 13.4. The molecule has 0 heterocycles. The molecule has 0 fully saturated rings. The van der Waals surface area contributed by atoms with Gasteiger partial charge < -0.3 is 19.5 Å². The van der Waals surface area contributed by atoms with Gasteiger partial charge in [-0.25, -0.2) is 5.48 Å². The van der Waals surface area contributed by atoms with Crippen LogP contribution in [0.5, 0.6) is 0 Å². The van der Waals surface area contributed by atoms with E-state index in [1.165, 1.54) is 31.4 Å². The van der Waals surface area contributed by atoms with Crippen LogP contribution < -0.4 is 10.8 Å². The number of hydroxylamine groups is 1. The van der Waals surface area contributed by atoms with E-state index >= 15 is 0 Å². The van der Waals surface area contributed by atoms with Gasteiger partial charge in [-0.15, -0.1) is 0 Å². The molecule has 2 amide bonds. The molecule has 28 heavy (non-hydrogen) atoms. The number of nitrogens with one attached hydrogen (secondary N) is 2. The number of hydrogen-bond acceptors (Lipinski definition) is 8. The third-order valence-electron chi connectivity index (χ3n) is 3.78. The predicted molar refractivity (Wildman–Crippen MR) is 96.7 cm³/mol. The van der Waals surface area contributed by atoms with Gasteiger partial charge in [-0.05, 0) is 25.5 Å². The first kappa shape index (κ1) is 23.4. The summed E-state index contributed by atoms with van der Waals surface area (Å²) in [4.78, 5) is 34.4. The first-order valence-corrected chi connectivity index (χ1v) is 8.56. The van der Waals surface area contributed by atoms with Gasteiger partial charge in [0.2, 0.25) is 5.91 Å². The van der Waals surface area contributed by atoms with E-state index in [-0.39, 0.29) is 37.7 Å². The van der Waals surface area contributed by atoms with E-state index in [1.54, 1.807) is 12.4 Å². The maximum absolute atomic E-state index is 12.5. The zero-order valence-electron chi connectivity index (χ0n) is 15.8. The van der Waals surface area contributed by atoms with Gasteiger partial charge in [0, 0.05) is 31.4 Å². The summed E-state index contributed by atoms with van der Waals surface area (Å²) in [5, 5.41) is 22.3. The van der Waals surface area contributed by atoms with Gasteiger partial charge in [0.25, 0.3) is 11.6 Å². The van der Waals surface area contributed by atoms with Crippen LogP contribution in [0.2, 0.25) is 0 Å². The Balaban J connectivity index is 2.82. The molecule has 0 aliphatic rings. The number of methoxy groups -OCH3 is 1. The fourth-order valence-electron chi connectivity index (χ4n) is 2.39. The number of benzene rings is 1. The number of carbonyl (C=O) groups excluding carboxylic acids is 2. The summed E-state index contributed by atoms with van der Waals surface area (Å²) in [6.45, 7) is 2.36. The van der Waals surface area contributed by atoms with Gasteiger partial charge in [0.15, 0.2) is 0 Å². The van der Waals surface area contributed by atoms with Crippen molar-refractivity contribution in [3.05, 3.63) is 39.9 Å². The number of non-ortho nitro benzene ring substituents is 1. The van der Waals surface area contributed by atoms with E-state index in [1.807, 2.05) is 0 Å². The van der Waals surface area contributed by atoms with Crippen molar-refractivity contribution in [3.8, 4) is 0 Å². The lowest BCUT2D eigenvalue weighted by Gasteiger charge is -2.23. The number of ether oxygens (including phenoxy) is 3. The summed E-state index contributed by atoms with van der Waals surface area (Å²) in [6, 6.07) is 4.52. The van der Waals surface area contributed by atoms with Crippen LogP contribution in [0.15, 0.2) is 24.3 Å². The first-order valence-electron chi connectivity index (χ1n) is 8.56. The highest BCUT2D eigenvalue weighted by atomic mass is 16.7. The summed E-state index contributed by atoms with van der Waals surface area (Å²) < 4.78 is 15.4. The second-order valence-electron chi connectivity index (χ2n) is 5.82. The summed E-state index contributed by atoms with van der Waals surface area (Å²) in [5.74, 6) is -1.87. The van der Waals surface area contributed by atoms with Crippen molar-refractivity contribution in [1.29, 1.82) is 0 Å². The Morgan fingerprint density at radius 2 is 1.89 bits per heavy atom. The number of carbonyl (C=O) groups is 2. The second-order valence-corrected chi connectivity index (χ2v) is 5.82. The van der Waals surface area contributed by atoms with E-state index in [4.69, 9.17) is 19.4 Å². The van der Waals surface area contributed by atoms with Crippen molar-refractivity contribution >= 4 is 17.5 Å². The minimum atomic E-state index is -0.729. The number of nitrogens with zero attached hydrogens (tertiary/aromatic N) is 1. The fraction of sp³-hybridized carbons (Fsp3) is 0.529. The molecular formula is C17H25N3O8. The number of amides is 2. The van der Waals surface area contributed by atoms with Gasteiger partial charge in [0.05, 0.1) is 30.1 Å². The van der Waals surface area contributed by atoms with Crippen molar-refractivity contribution in [2.75, 3.05) is 33.7 Å². The van der Waals surface area contributed by atoms with Crippen molar-refractivity contribution < 1.29 is 33.9 Å². The summed E-state index contributed by atoms with van der Waals surface area (Å²) in [7, 11) is 1.41. The molecule has 11 heteroatoms. The van der Waals surface area contributed by atoms with Crippen LogP contribution in [0.25, 0.3) is 0 Å². The Kier molecular flexibility index (Phi) is 10.7. The summed E-state index contributed by atoms with van der Waals surface area (Å²) in [5.41, 5.74) is 1.66. The molecule has 11 nitrogen and oxygen atoms in total. The van der Waals surface area contributed by atoms with Gasteiger partial charge in [0.1, 0.15) is 6.79 Å². The van der Waals surface area contributed by atoms with E-state index in [2.05, 4.69) is 5.32 Å². The molecule has 1 aromatic carbocycles. The fourth-order valence-corrected chi connectivity index (χ4v) is 2.39. The second kappa shape index (κ2) is 12.7. The molecule has 156 valence electrons. The zero-order valence-corrected chi connectivity index (χ0v) is 15.8. The Labute approximate surface area is 162 Å². The van der Waals surface area contributed by atoms with Crippen LogP contribution in [0.4, 0.5) is 5.69 Å². The van der Waals surface area contributed by atoms with Crippen LogP contribution >= 0.6 is 0 Å². The molecule has 1 rings (SSSR count). The topological polar surface area (TPSA) is 149 Å². The maximum atomic E-state index is 12.5. The average molecular weight is 399 g/mol. The van der Waals surface area contributed by atoms with Crippen molar-refractivity contribution in [1.82, 2.24) is 10.8 Å². The smallest absolute Gasteiger partial charge is 0.269 e. The highest BCUT2D eigenvalue weighted by Gasteiger charge is 2.25. The molecule has 0 bridgehead atoms. The normalized spacial score (nSPS) is 12.8. The molecule has 0 aliphatic carbocycles. The number of hydrogen-bond donors (Lipinski definition) is 3. The Morgan fingerprint density at radius 1 is 1.21 bits per heavy atom. The Morgan fingerprint density at radius 3 is 2.43 bits per heavy atom. The van der Waals surface area contributed by atoms with Crippen molar-refractivity contribution in [2.24, 2.45) is 5.92 Å². The van der Waals surface area contributed by atoms with E-state index in [0.717, 1.165) is 0 Å². The summed E-state index contributed by atoms with van der Waals surface area (Å²) in [6.07, 6.45) is 0.130. The lowest BCUT2D eigenvalue weighted by atomic mass is 10.00. The van der Waals surface area contributed by atoms with Crippen LogP contribution in [-0.4, -0.2) is 61.7 Å². The van der Waals surface area contributed by atoms with Crippen LogP contribution in [0.1, 0.15) is 23.7 Å². The molecular weight excluding hydrogens is 374 g/mol. The van der Waals surface area contributed by atoms with Crippen LogP contribution in [0.3, 0.4) is 0 Å². The van der Waals surface area contributed by atoms with E-state index in [0.29, 0.717) is 6.61 Å². The molecule has 0 aliphatic heterocycles. The van der Waals surface area contributed by atoms with Gasteiger partial charge in [-0.3, -0.25) is 24.9 Å². The Hall–Kier alpha value is -2.60. The third-order valence-corrected chi connectivity index (χ3v) is 3.78. The maximum Gasteiger partial charge on any atom is 0.269 e. The third kappa shape index (κ3) is 7.96. The van der Waals surface area contributed by atoms with Crippen LogP contribution in [-0.2, 0) is 19.0 Å². The summed E-state index contributed by atoms with van der Waals surface area (Å²) >= 11 is 0. The van der Waals surface area contributed by atoms with E-state index in [9.17, 15) is 19.7 Å². The molecule has 0 radical (unpaired) electrons. The SMILES string of the molecule is CCOCOCC(CC(COC)C(=O)NO)NC(=O)c1ccc([N+](=O)[O-])cc1.